The molecule has 0 aliphatic heterocycles. The van der Waals surface area contributed by atoms with Gasteiger partial charge in [0.05, 0.1) is 0 Å². The summed E-state index contributed by atoms with van der Waals surface area (Å²) >= 11 is 4.14. The van der Waals surface area contributed by atoms with E-state index in [0.29, 0.717) is 0 Å². The monoisotopic (exact) mass is 1030 g/mol. The zero-order chi connectivity index (χ0) is 50.8. The third-order valence-electron chi connectivity index (χ3n) is 16.4. The molecule has 0 atom stereocenters. The van der Waals surface area contributed by atoms with Crippen molar-refractivity contribution in [3.63, 3.8) is 0 Å². The van der Waals surface area contributed by atoms with Gasteiger partial charge in [0.2, 0.25) is 0 Å². The van der Waals surface area contributed by atoms with Gasteiger partial charge in [0.25, 0.3) is 0 Å². The van der Waals surface area contributed by atoms with E-state index in [4.69, 9.17) is 0 Å². The molecule has 70 heavy (non-hydrogen) atoms. The molecule has 0 unspecified atom stereocenters. The summed E-state index contributed by atoms with van der Waals surface area (Å²) in [6, 6.07) is 50.9. The van der Waals surface area contributed by atoms with Gasteiger partial charge in [-0.25, -0.2) is 0 Å². The number of hydrogen-bond acceptors (Lipinski definition) is 0. The van der Waals surface area contributed by atoms with Crippen LogP contribution in [0.1, 0.15) is 134 Å². The molecule has 0 heterocycles. The van der Waals surface area contributed by atoms with Gasteiger partial charge in [0.1, 0.15) is 32.3 Å². The molecule has 366 valence electrons. The molecule has 0 nitrogen and oxygen atoms in total. The molecule has 0 amide bonds. The molecular formula is C65H81CoSi4. The van der Waals surface area contributed by atoms with E-state index >= 15 is 0 Å². The van der Waals surface area contributed by atoms with Crippen molar-refractivity contribution < 1.29 is 15.7 Å². The molecule has 0 saturated carbocycles. The quantitative estimate of drug-likeness (QED) is 0.0775. The second kappa shape index (κ2) is 26.8. The Labute approximate surface area is 439 Å². The zero-order valence-corrected chi connectivity index (χ0v) is 50.0. The average molecular weight is 1030 g/mol. The second-order valence-corrected chi connectivity index (χ2v) is 39.8. The Morgan fingerprint density at radius 3 is 0.657 bits per heavy atom. The van der Waals surface area contributed by atoms with Gasteiger partial charge in [0.15, 0.2) is 0 Å². The maximum atomic E-state index is 4.14. The minimum atomic E-state index is -1.57. The van der Waals surface area contributed by atoms with E-state index in [1.54, 1.807) is 0 Å². The minimum absolute atomic E-state index is 1.03. The Balaban J connectivity index is 0.00000141. The first kappa shape index (κ1) is 56.4. The van der Waals surface area contributed by atoms with Crippen LogP contribution in [0.2, 0.25) is 72.5 Å². The summed E-state index contributed by atoms with van der Waals surface area (Å²) in [6.07, 6.45) is 7.13. The fourth-order valence-electron chi connectivity index (χ4n) is 9.76. The van der Waals surface area contributed by atoms with Crippen LogP contribution in [0.5, 0.6) is 0 Å². The van der Waals surface area contributed by atoms with E-state index < -0.39 is 32.3 Å². The van der Waals surface area contributed by atoms with Crippen molar-refractivity contribution in [1.29, 1.82) is 0 Å². The van der Waals surface area contributed by atoms with Gasteiger partial charge < -0.3 is 0 Å². The first-order chi connectivity index (χ1) is 33.9. The summed E-state index contributed by atoms with van der Waals surface area (Å²) in [4.78, 5) is 0. The molecule has 2 aliphatic carbocycles. The third kappa shape index (κ3) is 13.7. The summed E-state index contributed by atoms with van der Waals surface area (Å²) < 4.78 is 1.16. The fraction of sp³-hybridized carbons (Fsp3) is 0.385. The summed E-state index contributed by atoms with van der Waals surface area (Å²) in [6.45, 7) is 28.0. The number of rotatable bonds is 16. The van der Waals surface area contributed by atoms with E-state index in [-0.39, 0.29) is 0 Å². The molecule has 0 N–H and O–H groups in total. The van der Waals surface area contributed by atoms with Crippen molar-refractivity contribution >= 4 is 54.6 Å². The summed E-state index contributed by atoms with van der Waals surface area (Å²) in [7, 11) is -6.28. The van der Waals surface area contributed by atoms with Crippen molar-refractivity contribution in [2.24, 2.45) is 0 Å². The predicted molar refractivity (Wildman–Crippen MR) is 318 cm³/mol. The summed E-state index contributed by atoms with van der Waals surface area (Å²) in [5.41, 5.74) is 29.7. The van der Waals surface area contributed by atoms with Crippen molar-refractivity contribution in [2.45, 2.75) is 162 Å². The number of allylic oxidation sites excluding steroid dienone is 8. The Morgan fingerprint density at radius 1 is 0.329 bits per heavy atom. The standard InChI is InChI=1S/C60H76Si4.C5H5.Co/c1-13-61(14-2,15-3)45-41-49-25-33-53(34-26-49)57-58(54-35-27-50(28-36-54)42-46-62(16-4,17-5)18-6)60(56-39-31-52(32-40-56)44-48-64(22-10,23-11)24-12)59(57)55-37-29-51(30-38-55)43-47-63(19-7,20-8)21-9;1-2-4-5-3-1;/h25-40H,13-24H2,1-12H3;1-3H,4H2;. The van der Waals surface area contributed by atoms with Crippen molar-refractivity contribution in [3.8, 4) is 45.9 Å². The molecule has 2 aliphatic rings. The molecule has 6 rings (SSSR count). The van der Waals surface area contributed by atoms with E-state index in [2.05, 4.69) is 248 Å². The van der Waals surface area contributed by atoms with Crippen LogP contribution in [-0.2, 0) is 15.7 Å². The van der Waals surface area contributed by atoms with Gasteiger partial charge in [-0.3, -0.25) is 0 Å². The molecular weight excluding hydrogens is 952 g/mol. The van der Waals surface area contributed by atoms with Crippen LogP contribution in [0.4, 0.5) is 0 Å². The van der Waals surface area contributed by atoms with Gasteiger partial charge >= 0.3 is 44.9 Å². The zero-order valence-electron chi connectivity index (χ0n) is 45.0. The summed E-state index contributed by atoms with van der Waals surface area (Å²) in [5, 5.41) is 0. The molecule has 4 aromatic carbocycles. The molecule has 0 saturated heterocycles. The molecule has 4 aromatic rings. The summed E-state index contributed by atoms with van der Waals surface area (Å²) in [5.74, 6) is 14.5. The van der Waals surface area contributed by atoms with Crippen LogP contribution in [0.15, 0.2) is 120 Å². The Hall–Kier alpha value is -4.55. The van der Waals surface area contributed by atoms with Crippen molar-refractivity contribution in [3.05, 3.63) is 164 Å². The van der Waals surface area contributed by atoms with Crippen LogP contribution >= 0.6 is 0 Å². The topological polar surface area (TPSA) is 0 Å². The van der Waals surface area contributed by atoms with Crippen LogP contribution in [0.3, 0.4) is 0 Å². The predicted octanol–water partition coefficient (Wildman–Crippen LogP) is 18.2. The number of benzene rings is 4. The van der Waals surface area contributed by atoms with Gasteiger partial charge in [-0.15, -0.1) is 22.2 Å². The first-order valence-corrected chi connectivity index (χ1v) is 37.9. The van der Waals surface area contributed by atoms with Crippen LogP contribution < -0.4 is 0 Å². The fourth-order valence-corrected chi connectivity index (χ4v) is 19.7. The van der Waals surface area contributed by atoms with Gasteiger partial charge in [-0.1, -0.05) is 155 Å². The van der Waals surface area contributed by atoms with E-state index in [1.807, 2.05) is 12.2 Å². The molecule has 5 heteroatoms. The second-order valence-electron chi connectivity index (χ2n) is 19.4. The molecule has 0 aromatic heterocycles. The van der Waals surface area contributed by atoms with E-state index in [1.165, 1.54) is 117 Å². The average Bonchev–Trinajstić information content (AvgIpc) is 3.90. The van der Waals surface area contributed by atoms with E-state index in [9.17, 15) is 0 Å². The van der Waals surface area contributed by atoms with Crippen LogP contribution in [0.25, 0.3) is 22.3 Å². The maximum absolute atomic E-state index is 4.14. The van der Waals surface area contributed by atoms with Crippen LogP contribution in [-0.4, -0.2) is 32.3 Å². The molecule has 0 spiro atoms. The molecule has 0 bridgehead atoms. The van der Waals surface area contributed by atoms with E-state index in [0.717, 1.165) is 33.2 Å². The first-order valence-electron chi connectivity index (χ1n) is 26.9. The normalized spacial score (nSPS) is 13.3. The van der Waals surface area contributed by atoms with Crippen molar-refractivity contribution in [2.75, 3.05) is 0 Å². The number of hydrogen-bond donors (Lipinski definition) is 0. The molecule has 0 radical (unpaired) electrons. The Kier molecular flexibility index (Phi) is 21.6. The Bertz CT molecular complexity index is 2350. The molecule has 0 fully saturated rings. The van der Waals surface area contributed by atoms with Crippen LogP contribution in [0, 0.1) is 45.9 Å². The van der Waals surface area contributed by atoms with Crippen molar-refractivity contribution in [1.82, 2.24) is 0 Å². The third-order valence-corrected chi connectivity index (χ3v) is 35.7. The van der Waals surface area contributed by atoms with Gasteiger partial charge in [0, 0.05) is 22.3 Å². The van der Waals surface area contributed by atoms with Gasteiger partial charge in [-0.05, 0) is 166 Å². The SMILES string of the molecule is CC[Si](C#Cc1ccc(C2=C(c3ccc(C#C[Si](CC)(CC)CC)cc3)C(c3ccc(C#C[Si](CC)(CC)CC)cc3)=C2c2ccc(C#C[Si](CC)(CC)CC)cc2)cc1)(CC)CC.[Co][C]1=CC=CC1. The van der Waals surface area contributed by atoms with Gasteiger partial charge in [-0.2, -0.15) is 0 Å². The Morgan fingerprint density at radius 2 is 0.529 bits per heavy atom.